The van der Waals surface area contributed by atoms with E-state index >= 15 is 0 Å². The third-order valence-electron chi connectivity index (χ3n) is 4.77. The fourth-order valence-corrected chi connectivity index (χ4v) is 3.29. The Morgan fingerprint density at radius 2 is 1.96 bits per heavy atom. The first-order valence-electron chi connectivity index (χ1n) is 8.84. The Balaban J connectivity index is 1.60. The lowest BCUT2D eigenvalue weighted by atomic mass is 10.1. The maximum absolute atomic E-state index is 12.6. The largest absolute Gasteiger partial charge is 0.352 e. The molecule has 25 heavy (non-hydrogen) atoms. The van der Waals surface area contributed by atoms with Crippen LogP contribution in [0.5, 0.6) is 0 Å². The van der Waals surface area contributed by atoms with Crippen molar-refractivity contribution >= 4 is 16.8 Å². The monoisotopic (exact) mass is 342 g/mol. The van der Waals surface area contributed by atoms with E-state index in [1.807, 2.05) is 24.3 Å². The smallest absolute Gasteiger partial charge is 0.252 e. The van der Waals surface area contributed by atoms with Crippen LogP contribution >= 0.6 is 0 Å². The molecule has 3 rings (SSSR count). The summed E-state index contributed by atoms with van der Waals surface area (Å²) in [6, 6.07) is 8.76. The van der Waals surface area contributed by atoms with E-state index in [-0.39, 0.29) is 11.5 Å². The molecule has 6 nitrogen and oxygen atoms in total. The van der Waals surface area contributed by atoms with Crippen LogP contribution in [0, 0.1) is 5.92 Å². The Kier molecular flexibility index (Phi) is 5.50. The van der Waals surface area contributed by atoms with Crippen LogP contribution in [0.2, 0.25) is 0 Å². The van der Waals surface area contributed by atoms with Crippen LogP contribution in [-0.4, -0.2) is 67.0 Å². The van der Waals surface area contributed by atoms with Crippen LogP contribution in [0.3, 0.4) is 0 Å². The number of hydrogen-bond donors (Lipinski definition) is 2. The molecule has 1 aromatic carbocycles. The second-order valence-electron chi connectivity index (χ2n) is 7.01. The lowest BCUT2D eigenvalue weighted by Gasteiger charge is -2.33. The lowest BCUT2D eigenvalue weighted by Crippen LogP contribution is -2.46. The second-order valence-corrected chi connectivity index (χ2v) is 7.01. The molecule has 0 radical (unpaired) electrons. The van der Waals surface area contributed by atoms with Crippen molar-refractivity contribution in [2.75, 3.05) is 46.3 Å². The van der Waals surface area contributed by atoms with Gasteiger partial charge in [-0.25, -0.2) is 0 Å². The highest BCUT2D eigenvalue weighted by molar-refractivity contribution is 6.05. The summed E-state index contributed by atoms with van der Waals surface area (Å²) in [7, 11) is 2.15. The molecule has 6 heteroatoms. The minimum absolute atomic E-state index is 0.187. The third-order valence-corrected chi connectivity index (χ3v) is 4.77. The molecule has 1 atom stereocenters. The molecule has 2 aromatic rings. The SMILES string of the molecule is C[C@@H](CNC(=O)c1cc(=O)[nH]c2ccccc12)CN1CCN(C)CC1. The molecule has 0 saturated carbocycles. The molecule has 1 aromatic heterocycles. The maximum atomic E-state index is 12.6. The van der Waals surface area contributed by atoms with Crippen molar-refractivity contribution in [1.29, 1.82) is 0 Å². The van der Waals surface area contributed by atoms with Gasteiger partial charge in [-0.3, -0.25) is 9.59 Å². The predicted molar refractivity (Wildman–Crippen MR) is 100 cm³/mol. The number of pyridine rings is 1. The van der Waals surface area contributed by atoms with E-state index in [1.54, 1.807) is 0 Å². The number of benzene rings is 1. The zero-order valence-corrected chi connectivity index (χ0v) is 14.9. The normalized spacial score (nSPS) is 17.5. The molecule has 0 aliphatic carbocycles. The summed E-state index contributed by atoms with van der Waals surface area (Å²) < 4.78 is 0. The van der Waals surface area contributed by atoms with Gasteiger partial charge in [0.1, 0.15) is 0 Å². The van der Waals surface area contributed by atoms with Gasteiger partial charge in [0.25, 0.3) is 5.91 Å². The molecule has 1 aliphatic heterocycles. The van der Waals surface area contributed by atoms with E-state index in [0.717, 1.165) is 38.1 Å². The molecule has 2 N–H and O–H groups in total. The van der Waals surface area contributed by atoms with E-state index in [0.29, 0.717) is 23.5 Å². The lowest BCUT2D eigenvalue weighted by molar-refractivity contribution is 0.0939. The first-order valence-corrected chi connectivity index (χ1v) is 8.84. The molecule has 0 spiro atoms. The van der Waals surface area contributed by atoms with Crippen molar-refractivity contribution in [1.82, 2.24) is 20.1 Å². The summed E-state index contributed by atoms with van der Waals surface area (Å²) in [5.74, 6) is 0.174. The van der Waals surface area contributed by atoms with Gasteiger partial charge in [-0.2, -0.15) is 0 Å². The number of para-hydroxylation sites is 1. The predicted octanol–water partition coefficient (Wildman–Crippen LogP) is 1.14. The van der Waals surface area contributed by atoms with E-state index in [2.05, 4.69) is 34.1 Å². The molecule has 134 valence electrons. The fourth-order valence-electron chi connectivity index (χ4n) is 3.29. The fraction of sp³-hybridized carbons (Fsp3) is 0.474. The molecule has 0 bridgehead atoms. The van der Waals surface area contributed by atoms with Crippen molar-refractivity contribution in [2.24, 2.45) is 5.92 Å². The van der Waals surface area contributed by atoms with Crippen molar-refractivity contribution in [3.63, 3.8) is 0 Å². The van der Waals surface area contributed by atoms with Crippen LogP contribution in [0.25, 0.3) is 10.9 Å². The number of hydrogen-bond acceptors (Lipinski definition) is 4. The highest BCUT2D eigenvalue weighted by Gasteiger charge is 2.17. The van der Waals surface area contributed by atoms with Gasteiger partial charge < -0.3 is 20.1 Å². The summed E-state index contributed by atoms with van der Waals surface area (Å²) in [5.41, 5.74) is 0.867. The van der Waals surface area contributed by atoms with Gasteiger partial charge in [0.05, 0.1) is 5.56 Å². The summed E-state index contributed by atoms with van der Waals surface area (Å²) in [4.78, 5) is 31.9. The molecule has 1 saturated heterocycles. The molecule has 1 aliphatic rings. The Bertz CT molecular complexity index is 793. The van der Waals surface area contributed by atoms with Crippen molar-refractivity contribution in [3.8, 4) is 0 Å². The number of fused-ring (bicyclic) bond motifs is 1. The summed E-state index contributed by atoms with van der Waals surface area (Å²) >= 11 is 0. The summed E-state index contributed by atoms with van der Waals surface area (Å²) in [6.45, 7) is 8.07. The summed E-state index contributed by atoms with van der Waals surface area (Å²) in [6.07, 6.45) is 0. The van der Waals surface area contributed by atoms with Crippen molar-refractivity contribution < 1.29 is 4.79 Å². The highest BCUT2D eigenvalue weighted by Crippen LogP contribution is 2.14. The van der Waals surface area contributed by atoms with Crippen LogP contribution in [0.4, 0.5) is 0 Å². The Morgan fingerprint density at radius 1 is 1.24 bits per heavy atom. The van der Waals surface area contributed by atoms with E-state index < -0.39 is 0 Å². The van der Waals surface area contributed by atoms with Gasteiger partial charge in [-0.15, -0.1) is 0 Å². The molecule has 1 amide bonds. The number of nitrogens with one attached hydrogen (secondary N) is 2. The van der Waals surface area contributed by atoms with E-state index in [9.17, 15) is 9.59 Å². The zero-order chi connectivity index (χ0) is 17.8. The first-order chi connectivity index (χ1) is 12.0. The molecule has 1 fully saturated rings. The van der Waals surface area contributed by atoms with Crippen LogP contribution < -0.4 is 10.9 Å². The number of rotatable bonds is 5. The number of nitrogens with zero attached hydrogens (tertiary/aromatic N) is 2. The average Bonchev–Trinajstić information content (AvgIpc) is 2.61. The number of carbonyl (C=O) groups is 1. The van der Waals surface area contributed by atoms with Crippen LogP contribution in [0.1, 0.15) is 17.3 Å². The maximum Gasteiger partial charge on any atom is 0.252 e. The van der Waals surface area contributed by atoms with Gasteiger partial charge in [0, 0.05) is 56.2 Å². The van der Waals surface area contributed by atoms with Gasteiger partial charge in [-0.05, 0) is 19.0 Å². The number of likely N-dealkylation sites (N-methyl/N-ethyl adjacent to an activating group) is 1. The van der Waals surface area contributed by atoms with Crippen molar-refractivity contribution in [3.05, 3.63) is 46.2 Å². The molecular weight excluding hydrogens is 316 g/mol. The van der Waals surface area contributed by atoms with Gasteiger partial charge in [0.15, 0.2) is 0 Å². The van der Waals surface area contributed by atoms with E-state index in [4.69, 9.17) is 0 Å². The number of aromatic amines is 1. The Hall–Kier alpha value is -2.18. The standard InChI is InChI=1S/C19H26N4O2/c1-14(13-23-9-7-22(2)8-10-23)12-20-19(25)16-11-18(24)21-17-6-4-3-5-15(16)17/h3-6,11,14H,7-10,12-13H2,1-2H3,(H,20,25)(H,21,24)/t14-/m0/s1. The number of carbonyl (C=O) groups excluding carboxylic acids is 1. The minimum Gasteiger partial charge on any atom is -0.352 e. The number of H-pyrrole nitrogens is 1. The molecular formula is C19H26N4O2. The third kappa shape index (κ3) is 4.46. The number of aromatic nitrogens is 1. The first kappa shape index (κ1) is 17.6. The Morgan fingerprint density at radius 3 is 2.72 bits per heavy atom. The Labute approximate surface area is 147 Å². The van der Waals surface area contributed by atoms with Crippen LogP contribution in [-0.2, 0) is 0 Å². The zero-order valence-electron chi connectivity index (χ0n) is 14.9. The number of piperazine rings is 1. The van der Waals surface area contributed by atoms with Crippen molar-refractivity contribution in [2.45, 2.75) is 6.92 Å². The average molecular weight is 342 g/mol. The van der Waals surface area contributed by atoms with Gasteiger partial charge in [-0.1, -0.05) is 25.1 Å². The highest BCUT2D eigenvalue weighted by atomic mass is 16.2. The quantitative estimate of drug-likeness (QED) is 0.855. The number of amides is 1. The van der Waals surface area contributed by atoms with Gasteiger partial charge >= 0.3 is 0 Å². The van der Waals surface area contributed by atoms with Gasteiger partial charge in [0.2, 0.25) is 5.56 Å². The topological polar surface area (TPSA) is 68.4 Å². The van der Waals surface area contributed by atoms with Crippen LogP contribution in [0.15, 0.2) is 35.1 Å². The minimum atomic E-state index is -0.255. The summed E-state index contributed by atoms with van der Waals surface area (Å²) in [5, 5.41) is 3.76. The van der Waals surface area contributed by atoms with E-state index in [1.165, 1.54) is 6.07 Å². The second kappa shape index (κ2) is 7.80. The molecule has 2 heterocycles. The molecule has 0 unspecified atom stereocenters.